The number of rotatable bonds is 6. The van der Waals surface area contributed by atoms with Crippen LogP contribution in [0.2, 0.25) is 0 Å². The van der Waals surface area contributed by atoms with Gasteiger partial charge in [-0.15, -0.1) is 0 Å². The van der Waals surface area contributed by atoms with E-state index in [1.54, 1.807) is 0 Å². The summed E-state index contributed by atoms with van der Waals surface area (Å²) in [6.45, 7) is 1.40. The second-order valence-electron chi connectivity index (χ2n) is 2.96. The highest BCUT2D eigenvalue weighted by atomic mass is 16.5. The van der Waals surface area contributed by atoms with Crippen LogP contribution in [0, 0.1) is 0 Å². The Balaban J connectivity index is 4.47. The van der Waals surface area contributed by atoms with Gasteiger partial charge < -0.3 is 30.3 Å². The van der Waals surface area contributed by atoms with E-state index in [2.05, 4.69) is 4.74 Å². The fourth-order valence-corrected chi connectivity index (χ4v) is 0.887. The van der Waals surface area contributed by atoms with E-state index < -0.39 is 36.4 Å². The maximum Gasteiger partial charge on any atom is 0.337 e. The molecule has 0 spiro atoms. The molecule has 0 rings (SSSR count). The van der Waals surface area contributed by atoms with E-state index in [4.69, 9.17) is 20.4 Å². The molecule has 0 aliphatic rings. The number of hydrogen-bond donors (Lipinski definition) is 5. The van der Waals surface area contributed by atoms with E-state index >= 15 is 0 Å². The van der Waals surface area contributed by atoms with Crippen LogP contribution in [0.3, 0.4) is 0 Å². The van der Waals surface area contributed by atoms with Crippen molar-refractivity contribution in [2.24, 2.45) is 0 Å². The summed E-state index contributed by atoms with van der Waals surface area (Å²) in [4.78, 5) is 21.2. The minimum atomic E-state index is -2.31. The fourth-order valence-electron chi connectivity index (χ4n) is 0.887. The summed E-state index contributed by atoms with van der Waals surface area (Å²) in [6.07, 6.45) is -8.77. The van der Waals surface area contributed by atoms with Crippen LogP contribution in [0.1, 0.15) is 6.92 Å². The molecule has 0 amide bonds. The van der Waals surface area contributed by atoms with Gasteiger partial charge in [0, 0.05) is 0 Å². The first-order valence-electron chi connectivity index (χ1n) is 4.44. The molecule has 0 unspecified atom stereocenters. The molecule has 8 nitrogen and oxygen atoms in total. The van der Waals surface area contributed by atoms with E-state index in [1.165, 1.54) is 6.92 Å². The summed E-state index contributed by atoms with van der Waals surface area (Å²) < 4.78 is 4.33. The summed E-state index contributed by atoms with van der Waals surface area (Å²) in [5, 5.41) is 44.6. The Morgan fingerprint density at radius 2 is 1.50 bits per heavy atom. The second kappa shape index (κ2) is 6.38. The Bertz CT molecular complexity index is 252. The molecule has 4 atom stereocenters. The lowest BCUT2D eigenvalue weighted by Crippen LogP contribution is -2.50. The quantitative estimate of drug-likeness (QED) is 0.309. The molecule has 0 bridgehead atoms. The van der Waals surface area contributed by atoms with Crippen LogP contribution in [0.25, 0.3) is 0 Å². The van der Waals surface area contributed by atoms with Crippen molar-refractivity contribution in [1.82, 2.24) is 0 Å². The van der Waals surface area contributed by atoms with Crippen LogP contribution in [0.15, 0.2) is 0 Å². The van der Waals surface area contributed by atoms with E-state index in [0.717, 1.165) is 0 Å². The van der Waals surface area contributed by atoms with Gasteiger partial charge in [0.05, 0.1) is 6.61 Å². The standard InChI is InChI=1S/C8H14O8/c1-2-16-8(15)6(12)4(10)3(9)5(11)7(13)14/h3-6,9-12H,2H2,1H3,(H,13,14)/t3-,4+,5+,6-/m0/s1. The molecule has 0 saturated carbocycles. The highest BCUT2D eigenvalue weighted by Crippen LogP contribution is 2.07. The van der Waals surface area contributed by atoms with Gasteiger partial charge in [0.25, 0.3) is 0 Å². The molecule has 0 aromatic rings. The Hall–Kier alpha value is -1.22. The van der Waals surface area contributed by atoms with Crippen LogP contribution in [-0.2, 0) is 14.3 Å². The lowest BCUT2D eigenvalue weighted by atomic mass is 10.0. The number of carboxylic acid groups (broad SMARTS) is 1. The maximum absolute atomic E-state index is 10.9. The van der Waals surface area contributed by atoms with Gasteiger partial charge in [-0.1, -0.05) is 0 Å². The van der Waals surface area contributed by atoms with Crippen LogP contribution in [0.4, 0.5) is 0 Å². The third-order valence-corrected chi connectivity index (χ3v) is 1.78. The number of esters is 1. The van der Waals surface area contributed by atoms with Gasteiger partial charge in [0.1, 0.15) is 12.2 Å². The van der Waals surface area contributed by atoms with Gasteiger partial charge in [-0.3, -0.25) is 0 Å². The third kappa shape index (κ3) is 3.74. The molecule has 5 N–H and O–H groups in total. The number of aliphatic carboxylic acids is 1. The Labute approximate surface area is 90.7 Å². The zero-order valence-electron chi connectivity index (χ0n) is 8.48. The molecule has 0 heterocycles. The zero-order valence-corrected chi connectivity index (χ0v) is 8.48. The smallest absolute Gasteiger partial charge is 0.337 e. The van der Waals surface area contributed by atoms with Gasteiger partial charge in [0.15, 0.2) is 12.2 Å². The van der Waals surface area contributed by atoms with Crippen LogP contribution >= 0.6 is 0 Å². The van der Waals surface area contributed by atoms with E-state index in [0.29, 0.717) is 0 Å². The number of aliphatic hydroxyl groups is 4. The van der Waals surface area contributed by atoms with E-state index in [-0.39, 0.29) is 6.61 Å². The summed E-state index contributed by atoms with van der Waals surface area (Å²) in [5.41, 5.74) is 0. The molecule has 0 aromatic carbocycles. The summed E-state index contributed by atoms with van der Waals surface area (Å²) >= 11 is 0. The van der Waals surface area contributed by atoms with Gasteiger partial charge >= 0.3 is 11.9 Å². The van der Waals surface area contributed by atoms with Crippen molar-refractivity contribution in [3.63, 3.8) is 0 Å². The van der Waals surface area contributed by atoms with Crippen molar-refractivity contribution in [3.8, 4) is 0 Å². The van der Waals surface area contributed by atoms with Gasteiger partial charge in [-0.2, -0.15) is 0 Å². The summed E-state index contributed by atoms with van der Waals surface area (Å²) in [7, 11) is 0. The Morgan fingerprint density at radius 3 is 1.88 bits per heavy atom. The number of ether oxygens (including phenoxy) is 1. The number of aliphatic hydroxyl groups excluding tert-OH is 4. The third-order valence-electron chi connectivity index (χ3n) is 1.78. The fraction of sp³-hybridized carbons (Fsp3) is 0.750. The highest BCUT2D eigenvalue weighted by molar-refractivity contribution is 5.76. The maximum atomic E-state index is 10.9. The summed E-state index contributed by atoms with van der Waals surface area (Å²) in [5.74, 6) is -3.01. The summed E-state index contributed by atoms with van der Waals surface area (Å²) in [6, 6.07) is 0. The molecule has 0 aromatic heterocycles. The van der Waals surface area contributed by atoms with Crippen molar-refractivity contribution >= 4 is 11.9 Å². The normalized spacial score (nSPS) is 18.3. The largest absolute Gasteiger partial charge is 0.479 e. The van der Waals surface area contributed by atoms with Gasteiger partial charge in [-0.25, -0.2) is 9.59 Å². The van der Waals surface area contributed by atoms with Crippen LogP contribution in [0.5, 0.6) is 0 Å². The minimum Gasteiger partial charge on any atom is -0.479 e. The predicted molar refractivity (Wildman–Crippen MR) is 48.3 cm³/mol. The number of carbonyl (C=O) groups excluding carboxylic acids is 1. The van der Waals surface area contributed by atoms with Crippen LogP contribution in [-0.4, -0.2) is 68.5 Å². The topological polar surface area (TPSA) is 145 Å². The molecule has 8 heteroatoms. The molecule has 0 aliphatic heterocycles. The average Bonchev–Trinajstić information content (AvgIpc) is 2.25. The number of carboxylic acids is 1. The predicted octanol–water partition coefficient (Wildman–Crippen LogP) is -2.92. The van der Waals surface area contributed by atoms with Crippen molar-refractivity contribution < 1.29 is 39.9 Å². The van der Waals surface area contributed by atoms with Crippen molar-refractivity contribution in [3.05, 3.63) is 0 Å². The molecule has 0 fully saturated rings. The van der Waals surface area contributed by atoms with Crippen molar-refractivity contribution in [1.29, 1.82) is 0 Å². The first-order valence-corrected chi connectivity index (χ1v) is 4.44. The second-order valence-corrected chi connectivity index (χ2v) is 2.96. The van der Waals surface area contributed by atoms with E-state index in [9.17, 15) is 14.7 Å². The number of hydrogen-bond acceptors (Lipinski definition) is 7. The molecular weight excluding hydrogens is 224 g/mol. The highest BCUT2D eigenvalue weighted by Gasteiger charge is 2.37. The Morgan fingerprint density at radius 1 is 1.06 bits per heavy atom. The van der Waals surface area contributed by atoms with E-state index in [1.807, 2.05) is 0 Å². The van der Waals surface area contributed by atoms with Crippen LogP contribution < -0.4 is 0 Å². The van der Waals surface area contributed by atoms with Crippen molar-refractivity contribution in [2.75, 3.05) is 6.61 Å². The molecule has 0 saturated heterocycles. The lowest BCUT2D eigenvalue weighted by Gasteiger charge is -2.23. The molecule has 0 radical (unpaired) electrons. The molecule has 0 aliphatic carbocycles. The SMILES string of the molecule is CCOC(=O)[C@@H](O)[C@H](O)[C@H](O)[C@@H](O)C(=O)O. The monoisotopic (exact) mass is 238 g/mol. The number of carbonyl (C=O) groups is 2. The van der Waals surface area contributed by atoms with Gasteiger partial charge in [-0.05, 0) is 6.92 Å². The Kier molecular flexibility index (Phi) is 5.89. The first kappa shape index (κ1) is 14.8. The zero-order chi connectivity index (χ0) is 12.9. The molecule has 16 heavy (non-hydrogen) atoms. The molecular formula is C8H14O8. The first-order chi connectivity index (χ1) is 7.32. The average molecular weight is 238 g/mol. The van der Waals surface area contributed by atoms with Crippen molar-refractivity contribution in [2.45, 2.75) is 31.3 Å². The molecule has 94 valence electrons. The minimum absolute atomic E-state index is 0.0554. The van der Waals surface area contributed by atoms with Gasteiger partial charge in [0.2, 0.25) is 0 Å². The lowest BCUT2D eigenvalue weighted by molar-refractivity contribution is -0.175.